The number of carbonyl (C=O) groups is 1. The predicted molar refractivity (Wildman–Crippen MR) is 76.6 cm³/mol. The van der Waals surface area contributed by atoms with E-state index in [1.807, 2.05) is 27.7 Å². The number of rotatable bonds is 4. The van der Waals surface area contributed by atoms with E-state index in [0.717, 1.165) is 5.52 Å². The van der Waals surface area contributed by atoms with Gasteiger partial charge in [0.1, 0.15) is 6.54 Å². The predicted octanol–water partition coefficient (Wildman–Crippen LogP) is 1.14. The van der Waals surface area contributed by atoms with Crippen molar-refractivity contribution in [2.45, 2.75) is 46.3 Å². The molecule has 2 aromatic rings. The van der Waals surface area contributed by atoms with E-state index in [1.165, 1.54) is 9.08 Å². The molecule has 0 bridgehead atoms. The van der Waals surface area contributed by atoms with Gasteiger partial charge in [-0.1, -0.05) is 0 Å². The third-order valence-corrected chi connectivity index (χ3v) is 3.22. The van der Waals surface area contributed by atoms with E-state index in [9.17, 15) is 9.59 Å². The molecular formula is C14H20N4O2. The van der Waals surface area contributed by atoms with Crippen LogP contribution in [0.15, 0.2) is 29.3 Å². The SMILES string of the molecule is CC(C)N(C(=O)Cn1ncc2cccn2c1=O)C(C)C. The highest BCUT2D eigenvalue weighted by atomic mass is 16.2. The molecule has 0 fully saturated rings. The van der Waals surface area contributed by atoms with Crippen LogP contribution in [0.5, 0.6) is 0 Å². The first-order valence-corrected chi connectivity index (χ1v) is 6.76. The van der Waals surface area contributed by atoms with Crippen LogP contribution in [0.4, 0.5) is 0 Å². The maximum Gasteiger partial charge on any atom is 0.349 e. The van der Waals surface area contributed by atoms with Crippen molar-refractivity contribution in [3.63, 3.8) is 0 Å². The third kappa shape index (κ3) is 2.59. The molecule has 2 heterocycles. The van der Waals surface area contributed by atoms with Gasteiger partial charge in [-0.15, -0.1) is 0 Å². The molecule has 108 valence electrons. The second-order valence-electron chi connectivity index (χ2n) is 5.38. The van der Waals surface area contributed by atoms with E-state index < -0.39 is 0 Å². The summed E-state index contributed by atoms with van der Waals surface area (Å²) in [6.45, 7) is 7.81. The Morgan fingerprint density at radius 2 is 1.95 bits per heavy atom. The second kappa shape index (κ2) is 5.48. The molecule has 0 atom stereocenters. The Bertz CT molecular complexity index is 661. The van der Waals surface area contributed by atoms with Crippen molar-refractivity contribution in [2.24, 2.45) is 0 Å². The Hall–Kier alpha value is -2.11. The van der Waals surface area contributed by atoms with Crippen LogP contribution in [-0.4, -0.2) is 37.1 Å². The minimum absolute atomic E-state index is 0.0384. The van der Waals surface area contributed by atoms with Crippen LogP contribution in [0.1, 0.15) is 27.7 Å². The molecule has 0 radical (unpaired) electrons. The van der Waals surface area contributed by atoms with Crippen LogP contribution in [-0.2, 0) is 11.3 Å². The lowest BCUT2D eigenvalue weighted by Gasteiger charge is -2.30. The molecule has 6 nitrogen and oxygen atoms in total. The highest BCUT2D eigenvalue weighted by Gasteiger charge is 2.21. The number of hydrogen-bond acceptors (Lipinski definition) is 3. The van der Waals surface area contributed by atoms with Gasteiger partial charge in [0, 0.05) is 18.3 Å². The van der Waals surface area contributed by atoms with Crippen LogP contribution >= 0.6 is 0 Å². The minimum atomic E-state index is -0.298. The number of amides is 1. The van der Waals surface area contributed by atoms with E-state index in [-0.39, 0.29) is 30.2 Å². The monoisotopic (exact) mass is 276 g/mol. The molecule has 0 spiro atoms. The zero-order valence-corrected chi connectivity index (χ0v) is 12.3. The summed E-state index contributed by atoms with van der Waals surface area (Å²) >= 11 is 0. The lowest BCUT2D eigenvalue weighted by atomic mass is 10.2. The van der Waals surface area contributed by atoms with Gasteiger partial charge in [-0.3, -0.25) is 9.20 Å². The molecule has 0 aliphatic heterocycles. The normalized spacial score (nSPS) is 11.5. The number of hydrogen-bond donors (Lipinski definition) is 0. The zero-order chi connectivity index (χ0) is 14.9. The standard InChI is InChI=1S/C14H20N4O2/c1-10(2)18(11(3)4)13(19)9-17-14(20)16-7-5-6-12(16)8-15-17/h5-8,10-11H,9H2,1-4H3. The molecule has 0 saturated heterocycles. The molecule has 0 aliphatic rings. The maximum absolute atomic E-state index is 12.3. The van der Waals surface area contributed by atoms with Crippen molar-refractivity contribution in [3.05, 3.63) is 35.0 Å². The van der Waals surface area contributed by atoms with Crippen molar-refractivity contribution in [3.8, 4) is 0 Å². The molecule has 0 aliphatic carbocycles. The van der Waals surface area contributed by atoms with Crippen LogP contribution in [0, 0.1) is 0 Å². The lowest BCUT2D eigenvalue weighted by Crippen LogP contribution is -2.45. The summed E-state index contributed by atoms with van der Waals surface area (Å²) in [6, 6.07) is 3.76. The highest BCUT2D eigenvalue weighted by Crippen LogP contribution is 2.06. The van der Waals surface area contributed by atoms with Gasteiger partial charge >= 0.3 is 5.69 Å². The average Bonchev–Trinajstić information content (AvgIpc) is 2.80. The van der Waals surface area contributed by atoms with E-state index in [0.29, 0.717) is 0 Å². The molecule has 2 aromatic heterocycles. The van der Waals surface area contributed by atoms with Gasteiger partial charge in [-0.05, 0) is 39.8 Å². The molecule has 2 rings (SSSR count). The van der Waals surface area contributed by atoms with Gasteiger partial charge < -0.3 is 4.90 Å². The molecule has 0 unspecified atom stereocenters. The van der Waals surface area contributed by atoms with E-state index in [1.54, 1.807) is 29.4 Å². The Labute approximate surface area is 117 Å². The van der Waals surface area contributed by atoms with E-state index in [4.69, 9.17) is 0 Å². The van der Waals surface area contributed by atoms with Gasteiger partial charge in [0.25, 0.3) is 0 Å². The number of carbonyl (C=O) groups excluding carboxylic acids is 1. The van der Waals surface area contributed by atoms with Gasteiger partial charge in [0.15, 0.2) is 0 Å². The quantitative estimate of drug-likeness (QED) is 0.841. The molecule has 1 amide bonds. The first kappa shape index (κ1) is 14.3. The smallest absolute Gasteiger partial charge is 0.336 e. The summed E-state index contributed by atoms with van der Waals surface area (Å²) < 4.78 is 2.68. The zero-order valence-electron chi connectivity index (χ0n) is 12.3. The van der Waals surface area contributed by atoms with Crippen LogP contribution in [0.3, 0.4) is 0 Å². The summed E-state index contributed by atoms with van der Waals surface area (Å²) in [5.41, 5.74) is 0.427. The molecule has 0 saturated carbocycles. The van der Waals surface area contributed by atoms with Gasteiger partial charge in [0.05, 0.1) is 11.7 Å². The Balaban J connectivity index is 2.29. The Morgan fingerprint density at radius 1 is 1.30 bits per heavy atom. The van der Waals surface area contributed by atoms with E-state index in [2.05, 4.69) is 5.10 Å². The van der Waals surface area contributed by atoms with Crippen molar-refractivity contribution < 1.29 is 4.79 Å². The van der Waals surface area contributed by atoms with Crippen molar-refractivity contribution in [2.75, 3.05) is 0 Å². The van der Waals surface area contributed by atoms with Crippen LogP contribution in [0.2, 0.25) is 0 Å². The number of aromatic nitrogens is 3. The average molecular weight is 276 g/mol. The summed E-state index contributed by atoms with van der Waals surface area (Å²) in [5.74, 6) is -0.101. The lowest BCUT2D eigenvalue weighted by molar-refractivity contribution is -0.135. The molecule has 0 N–H and O–H groups in total. The first-order valence-electron chi connectivity index (χ1n) is 6.76. The van der Waals surface area contributed by atoms with Gasteiger partial charge in [0.2, 0.25) is 5.91 Å². The fourth-order valence-corrected chi connectivity index (χ4v) is 2.47. The Morgan fingerprint density at radius 3 is 2.55 bits per heavy atom. The topological polar surface area (TPSA) is 59.6 Å². The summed E-state index contributed by atoms with van der Waals surface area (Å²) in [7, 11) is 0. The molecule has 6 heteroatoms. The van der Waals surface area contributed by atoms with Crippen molar-refractivity contribution in [1.29, 1.82) is 0 Å². The minimum Gasteiger partial charge on any atom is -0.336 e. The van der Waals surface area contributed by atoms with Crippen LogP contribution < -0.4 is 5.69 Å². The summed E-state index contributed by atoms with van der Waals surface area (Å²) in [6.07, 6.45) is 3.26. The number of fused-ring (bicyclic) bond motifs is 1. The van der Waals surface area contributed by atoms with Crippen molar-refractivity contribution >= 4 is 11.4 Å². The molecule has 0 aromatic carbocycles. The molecule has 20 heavy (non-hydrogen) atoms. The van der Waals surface area contributed by atoms with Gasteiger partial charge in [-0.25, -0.2) is 9.48 Å². The number of nitrogens with zero attached hydrogens (tertiary/aromatic N) is 4. The largest absolute Gasteiger partial charge is 0.349 e. The second-order valence-corrected chi connectivity index (χ2v) is 5.38. The van der Waals surface area contributed by atoms with Crippen LogP contribution in [0.25, 0.3) is 5.52 Å². The fraction of sp³-hybridized carbons (Fsp3) is 0.500. The maximum atomic E-state index is 12.3. The summed E-state index contributed by atoms with van der Waals surface area (Å²) in [5, 5.41) is 4.06. The van der Waals surface area contributed by atoms with E-state index >= 15 is 0 Å². The molecular weight excluding hydrogens is 256 g/mol. The van der Waals surface area contributed by atoms with Crippen molar-refractivity contribution in [1.82, 2.24) is 19.1 Å². The third-order valence-electron chi connectivity index (χ3n) is 3.22. The Kier molecular flexibility index (Phi) is 3.92. The summed E-state index contributed by atoms with van der Waals surface area (Å²) in [4.78, 5) is 26.3. The highest BCUT2D eigenvalue weighted by molar-refractivity contribution is 5.76. The van der Waals surface area contributed by atoms with Gasteiger partial charge in [-0.2, -0.15) is 5.10 Å². The fourth-order valence-electron chi connectivity index (χ4n) is 2.47. The first-order chi connectivity index (χ1) is 9.41.